The van der Waals surface area contributed by atoms with Crippen LogP contribution in [0.1, 0.15) is 0 Å². The van der Waals surface area contributed by atoms with E-state index < -0.39 is 0 Å². The zero-order valence-electron chi connectivity index (χ0n) is 6.56. The normalized spacial score (nSPS) is 10.9. The number of hydrogen-bond donors (Lipinski definition) is 0. The van der Waals surface area contributed by atoms with Gasteiger partial charge in [0, 0.05) is 5.39 Å². The number of fused-ring (bicyclic) bond motifs is 1. The summed E-state index contributed by atoms with van der Waals surface area (Å²) in [6, 6.07) is 3.28. The van der Waals surface area contributed by atoms with Crippen LogP contribution in [-0.2, 0) is 0 Å². The van der Waals surface area contributed by atoms with Crippen molar-refractivity contribution in [1.82, 2.24) is 9.97 Å². The van der Waals surface area contributed by atoms with Gasteiger partial charge in [0.1, 0.15) is 10.3 Å². The lowest BCUT2D eigenvalue weighted by atomic mass is 10.3. The van der Waals surface area contributed by atoms with Crippen molar-refractivity contribution in [2.24, 2.45) is 0 Å². The molecule has 2 aromatic rings. The maximum atomic E-state index is 5.78. The van der Waals surface area contributed by atoms with Crippen LogP contribution >= 0.6 is 46.4 Å². The van der Waals surface area contributed by atoms with Crippen LogP contribution in [-0.4, -0.2) is 9.97 Å². The van der Waals surface area contributed by atoms with Crippen molar-refractivity contribution in [3.8, 4) is 0 Å². The molecular weight excluding hydrogens is 266 g/mol. The summed E-state index contributed by atoms with van der Waals surface area (Å²) in [5.74, 6) is 0. The molecule has 2 aromatic heterocycles. The van der Waals surface area contributed by atoms with Gasteiger partial charge in [-0.25, -0.2) is 9.97 Å². The third-order valence-electron chi connectivity index (χ3n) is 1.62. The highest BCUT2D eigenvalue weighted by molar-refractivity contribution is 6.43. The molecule has 0 unspecified atom stereocenters. The van der Waals surface area contributed by atoms with E-state index in [1.165, 1.54) is 0 Å². The van der Waals surface area contributed by atoms with E-state index in [-0.39, 0.29) is 10.3 Å². The van der Waals surface area contributed by atoms with Crippen LogP contribution in [0, 0.1) is 0 Å². The number of halogens is 4. The number of rotatable bonds is 0. The molecule has 0 aliphatic rings. The lowest BCUT2D eigenvalue weighted by Gasteiger charge is -2.01. The summed E-state index contributed by atoms with van der Waals surface area (Å²) in [5, 5.41) is 1.82. The zero-order chi connectivity index (χ0) is 10.3. The van der Waals surface area contributed by atoms with Gasteiger partial charge in [-0.05, 0) is 12.1 Å². The van der Waals surface area contributed by atoms with Gasteiger partial charge in [-0.2, -0.15) is 0 Å². The first-order valence-corrected chi connectivity index (χ1v) is 5.07. The molecule has 0 spiro atoms. The molecule has 0 saturated heterocycles. The quantitative estimate of drug-likeness (QED) is 0.667. The largest absolute Gasteiger partial charge is 0.215 e. The fourth-order valence-electron chi connectivity index (χ4n) is 1.01. The van der Waals surface area contributed by atoms with E-state index in [4.69, 9.17) is 46.4 Å². The molecule has 0 amide bonds. The summed E-state index contributed by atoms with van der Waals surface area (Å²) >= 11 is 23.0. The number of nitrogens with zero attached hydrogens (tertiary/aromatic N) is 2. The number of pyridine rings is 2. The van der Waals surface area contributed by atoms with Gasteiger partial charge in [0.05, 0.1) is 10.0 Å². The van der Waals surface area contributed by atoms with E-state index in [0.29, 0.717) is 21.1 Å². The Labute approximate surface area is 99.8 Å². The molecular formula is C8H2Cl4N2. The predicted octanol–water partition coefficient (Wildman–Crippen LogP) is 4.24. The molecule has 0 bridgehead atoms. The van der Waals surface area contributed by atoms with E-state index in [9.17, 15) is 0 Å². The number of aromatic nitrogens is 2. The summed E-state index contributed by atoms with van der Waals surface area (Å²) in [7, 11) is 0. The zero-order valence-corrected chi connectivity index (χ0v) is 9.58. The lowest BCUT2D eigenvalue weighted by molar-refractivity contribution is 1.29. The summed E-state index contributed by atoms with van der Waals surface area (Å²) in [6.45, 7) is 0. The molecule has 0 aliphatic carbocycles. The minimum Gasteiger partial charge on any atom is -0.215 e. The topological polar surface area (TPSA) is 25.8 Å². The second-order valence-electron chi connectivity index (χ2n) is 2.57. The highest BCUT2D eigenvalue weighted by Crippen LogP contribution is 2.28. The minimum atomic E-state index is 0.199. The molecule has 0 N–H and O–H groups in total. The third-order valence-corrected chi connectivity index (χ3v) is 2.97. The Morgan fingerprint density at radius 1 is 0.786 bits per heavy atom. The fraction of sp³-hybridized carbons (Fsp3) is 0. The Balaban J connectivity index is 2.83. The van der Waals surface area contributed by atoms with Crippen molar-refractivity contribution in [1.29, 1.82) is 0 Å². The second-order valence-corrected chi connectivity index (χ2v) is 4.10. The maximum absolute atomic E-state index is 5.78. The van der Waals surface area contributed by atoms with Crippen LogP contribution in [0.5, 0.6) is 0 Å². The van der Waals surface area contributed by atoms with Gasteiger partial charge in [-0.15, -0.1) is 0 Å². The molecule has 0 aromatic carbocycles. The Bertz CT molecular complexity index is 423. The third kappa shape index (κ3) is 1.75. The average molecular weight is 268 g/mol. The van der Waals surface area contributed by atoms with Crippen molar-refractivity contribution in [2.75, 3.05) is 0 Å². The first-order chi connectivity index (χ1) is 6.58. The molecule has 0 aliphatic heterocycles. The molecule has 2 nitrogen and oxygen atoms in total. The van der Waals surface area contributed by atoms with Gasteiger partial charge >= 0.3 is 0 Å². The van der Waals surface area contributed by atoms with Gasteiger partial charge in [0.15, 0.2) is 5.65 Å². The Hall–Kier alpha value is -0.280. The summed E-state index contributed by atoms with van der Waals surface area (Å²) in [6.07, 6.45) is 0. The molecule has 14 heavy (non-hydrogen) atoms. The molecule has 0 atom stereocenters. The van der Waals surface area contributed by atoms with E-state index in [2.05, 4.69) is 9.97 Å². The minimum absolute atomic E-state index is 0.199. The van der Waals surface area contributed by atoms with E-state index in [1.807, 2.05) is 0 Å². The van der Waals surface area contributed by atoms with Crippen molar-refractivity contribution in [3.05, 3.63) is 32.5 Å². The Kier molecular flexibility index (Phi) is 2.71. The first kappa shape index (κ1) is 10.2. The monoisotopic (exact) mass is 266 g/mol. The highest BCUT2D eigenvalue weighted by Gasteiger charge is 2.07. The summed E-state index contributed by atoms with van der Waals surface area (Å²) < 4.78 is 0. The molecule has 0 fully saturated rings. The van der Waals surface area contributed by atoms with Gasteiger partial charge in [0.2, 0.25) is 0 Å². The SMILES string of the molecule is Clc1cc2cc(Cl)c(Cl)nc2nc1Cl. The Morgan fingerprint density at radius 3 is 1.64 bits per heavy atom. The molecule has 0 saturated carbocycles. The molecule has 0 radical (unpaired) electrons. The van der Waals surface area contributed by atoms with E-state index >= 15 is 0 Å². The first-order valence-electron chi connectivity index (χ1n) is 3.56. The van der Waals surface area contributed by atoms with Crippen LogP contribution in [0.4, 0.5) is 0 Å². The lowest BCUT2D eigenvalue weighted by Crippen LogP contribution is -1.86. The highest BCUT2D eigenvalue weighted by atomic mass is 35.5. The molecule has 72 valence electrons. The van der Waals surface area contributed by atoms with Gasteiger partial charge < -0.3 is 0 Å². The average Bonchev–Trinajstić information content (AvgIpc) is 2.11. The Morgan fingerprint density at radius 2 is 1.21 bits per heavy atom. The van der Waals surface area contributed by atoms with Crippen molar-refractivity contribution in [2.45, 2.75) is 0 Å². The number of hydrogen-bond acceptors (Lipinski definition) is 2. The smallest absolute Gasteiger partial charge is 0.162 e. The second kappa shape index (κ2) is 3.70. The van der Waals surface area contributed by atoms with E-state index in [0.717, 1.165) is 0 Å². The van der Waals surface area contributed by atoms with Crippen molar-refractivity contribution >= 4 is 57.4 Å². The summed E-state index contributed by atoms with van der Waals surface area (Å²) in [5.41, 5.74) is 0.425. The van der Waals surface area contributed by atoms with Crippen molar-refractivity contribution < 1.29 is 0 Å². The van der Waals surface area contributed by atoms with Crippen LogP contribution in [0.3, 0.4) is 0 Å². The van der Waals surface area contributed by atoms with Crippen LogP contribution in [0.2, 0.25) is 20.4 Å². The summed E-state index contributed by atoms with van der Waals surface area (Å²) in [4.78, 5) is 7.91. The van der Waals surface area contributed by atoms with Crippen LogP contribution in [0.25, 0.3) is 11.0 Å². The molecule has 2 rings (SSSR count). The van der Waals surface area contributed by atoms with Crippen LogP contribution in [0.15, 0.2) is 12.1 Å². The van der Waals surface area contributed by atoms with Gasteiger partial charge in [-0.1, -0.05) is 46.4 Å². The van der Waals surface area contributed by atoms with Gasteiger partial charge in [-0.3, -0.25) is 0 Å². The predicted molar refractivity (Wildman–Crippen MR) is 59.6 cm³/mol. The maximum Gasteiger partial charge on any atom is 0.162 e. The molecule has 2 heterocycles. The van der Waals surface area contributed by atoms with E-state index in [1.54, 1.807) is 12.1 Å². The fourth-order valence-corrected chi connectivity index (χ4v) is 1.60. The molecule has 6 heteroatoms. The van der Waals surface area contributed by atoms with Crippen LogP contribution < -0.4 is 0 Å². The van der Waals surface area contributed by atoms with Gasteiger partial charge in [0.25, 0.3) is 0 Å². The standard InChI is InChI=1S/C8H2Cl4N2/c9-4-1-3-2-5(10)7(12)14-8(3)13-6(4)11/h1-2H. The van der Waals surface area contributed by atoms with Crippen molar-refractivity contribution in [3.63, 3.8) is 0 Å².